The lowest BCUT2D eigenvalue weighted by Crippen LogP contribution is -2.06. The predicted molar refractivity (Wildman–Crippen MR) is 41.4 cm³/mol. The topological polar surface area (TPSA) is 0 Å². The van der Waals surface area contributed by atoms with Crippen molar-refractivity contribution in [3.63, 3.8) is 0 Å². The lowest BCUT2D eigenvalue weighted by molar-refractivity contribution is 0.945. The van der Waals surface area contributed by atoms with E-state index in [1.807, 2.05) is 11.8 Å². The molecule has 0 fully saturated rings. The first-order valence-electron chi connectivity index (χ1n) is 2.35. The van der Waals surface area contributed by atoms with Crippen LogP contribution in [-0.2, 0) is 0 Å². The van der Waals surface area contributed by atoms with E-state index in [1.165, 1.54) is 0 Å². The van der Waals surface area contributed by atoms with Crippen LogP contribution in [0.25, 0.3) is 0 Å². The summed E-state index contributed by atoms with van der Waals surface area (Å²) < 4.78 is 0. The zero-order chi connectivity index (χ0) is 5.86. The molecule has 0 aliphatic rings. The summed E-state index contributed by atoms with van der Waals surface area (Å²) in [6, 6.07) is 0. The highest BCUT2D eigenvalue weighted by Gasteiger charge is 2.03. The van der Waals surface area contributed by atoms with Crippen LogP contribution < -0.4 is 0 Å². The second-order valence-corrected chi connectivity index (χ2v) is 4.28. The summed E-state index contributed by atoms with van der Waals surface area (Å²) in [7, 11) is 0. The molecule has 0 aliphatic carbocycles. The van der Waals surface area contributed by atoms with E-state index in [2.05, 4.69) is 36.0 Å². The second kappa shape index (κ2) is 3.79. The molecule has 7 heavy (non-hydrogen) atoms. The Balaban J connectivity index is 3.14. The zero-order valence-electron chi connectivity index (χ0n) is 4.94. The Labute approximate surface area is 58.2 Å². The molecule has 0 aromatic rings. The van der Waals surface area contributed by atoms with Gasteiger partial charge in [-0.25, -0.2) is 0 Å². The summed E-state index contributed by atoms with van der Waals surface area (Å²) in [4.78, 5) is 0.641. The summed E-state index contributed by atoms with van der Waals surface area (Å²) in [5.74, 6) is 0. The molecule has 0 heterocycles. The van der Waals surface area contributed by atoms with Gasteiger partial charge in [-0.15, -0.1) is 0 Å². The average molecular weight is 183 g/mol. The third-order valence-electron chi connectivity index (χ3n) is 1.02. The Kier molecular flexibility index (Phi) is 4.24. The van der Waals surface area contributed by atoms with Gasteiger partial charge in [-0.05, 0) is 6.26 Å². The number of halogens is 1. The molecule has 44 valence electrons. The number of rotatable bonds is 2. The van der Waals surface area contributed by atoms with Gasteiger partial charge in [0.25, 0.3) is 0 Å². The summed E-state index contributed by atoms with van der Waals surface area (Å²) >= 11 is 5.37. The first-order valence-corrected chi connectivity index (χ1v) is 4.55. The summed E-state index contributed by atoms with van der Waals surface area (Å²) in [6.45, 7) is 4.38. The van der Waals surface area contributed by atoms with Gasteiger partial charge in [-0.2, -0.15) is 11.8 Å². The SMILES string of the molecule is CSC(C)[C@@H](C)Br. The Hall–Kier alpha value is 0.830. The van der Waals surface area contributed by atoms with Crippen LogP contribution in [0.5, 0.6) is 0 Å². The maximum absolute atomic E-state index is 3.48. The maximum atomic E-state index is 3.48. The molecular weight excluding hydrogens is 172 g/mol. The molecule has 0 spiro atoms. The van der Waals surface area contributed by atoms with Crippen LogP contribution in [0.15, 0.2) is 0 Å². The lowest BCUT2D eigenvalue weighted by Gasteiger charge is -2.08. The van der Waals surface area contributed by atoms with Crippen molar-refractivity contribution in [2.24, 2.45) is 0 Å². The van der Waals surface area contributed by atoms with E-state index in [-0.39, 0.29) is 0 Å². The fraction of sp³-hybridized carbons (Fsp3) is 1.00. The minimum atomic E-state index is 0.641. The van der Waals surface area contributed by atoms with Gasteiger partial charge >= 0.3 is 0 Å². The molecule has 0 N–H and O–H groups in total. The van der Waals surface area contributed by atoms with Gasteiger partial charge in [0, 0.05) is 10.1 Å². The highest BCUT2D eigenvalue weighted by Crippen LogP contribution is 2.15. The standard InChI is InChI=1S/C5H11BrS/c1-4(6)5(2)7-3/h4-5H,1-3H3/t4-,5?/m1/s1. The number of thioether (sulfide) groups is 1. The number of alkyl halides is 1. The van der Waals surface area contributed by atoms with E-state index >= 15 is 0 Å². The van der Waals surface area contributed by atoms with Crippen molar-refractivity contribution >= 4 is 27.7 Å². The monoisotopic (exact) mass is 182 g/mol. The van der Waals surface area contributed by atoms with E-state index in [4.69, 9.17) is 0 Å². The molecule has 0 aromatic carbocycles. The van der Waals surface area contributed by atoms with Crippen LogP contribution in [0, 0.1) is 0 Å². The van der Waals surface area contributed by atoms with E-state index in [9.17, 15) is 0 Å². The summed E-state index contributed by atoms with van der Waals surface area (Å²) in [5.41, 5.74) is 0. The van der Waals surface area contributed by atoms with E-state index < -0.39 is 0 Å². The Morgan fingerprint density at radius 2 is 1.86 bits per heavy atom. The van der Waals surface area contributed by atoms with Crippen LogP contribution in [-0.4, -0.2) is 16.3 Å². The van der Waals surface area contributed by atoms with Gasteiger partial charge in [0.1, 0.15) is 0 Å². The van der Waals surface area contributed by atoms with Crippen molar-refractivity contribution in [1.82, 2.24) is 0 Å². The zero-order valence-corrected chi connectivity index (χ0v) is 7.34. The molecule has 0 saturated heterocycles. The minimum absolute atomic E-state index is 0.641. The molecule has 1 unspecified atom stereocenters. The minimum Gasteiger partial charge on any atom is -0.161 e. The number of hydrogen-bond acceptors (Lipinski definition) is 1. The molecule has 0 nitrogen and oxygen atoms in total. The van der Waals surface area contributed by atoms with Gasteiger partial charge in [0.15, 0.2) is 0 Å². The lowest BCUT2D eigenvalue weighted by atomic mass is 10.4. The van der Waals surface area contributed by atoms with E-state index in [1.54, 1.807) is 0 Å². The molecule has 0 saturated carbocycles. The van der Waals surface area contributed by atoms with Crippen LogP contribution in [0.4, 0.5) is 0 Å². The molecule has 0 aliphatic heterocycles. The van der Waals surface area contributed by atoms with E-state index in [0.717, 1.165) is 5.25 Å². The largest absolute Gasteiger partial charge is 0.161 e. The molecular formula is C5H11BrS. The highest BCUT2D eigenvalue weighted by molar-refractivity contribution is 9.09. The average Bonchev–Trinajstić information content (AvgIpc) is 1.65. The van der Waals surface area contributed by atoms with E-state index in [0.29, 0.717) is 4.83 Å². The molecule has 2 heteroatoms. The van der Waals surface area contributed by atoms with Gasteiger partial charge in [-0.3, -0.25) is 0 Å². The van der Waals surface area contributed by atoms with Crippen molar-refractivity contribution in [3.8, 4) is 0 Å². The first kappa shape index (κ1) is 7.83. The maximum Gasteiger partial charge on any atom is 0.0233 e. The number of hydrogen-bond donors (Lipinski definition) is 0. The fourth-order valence-corrected chi connectivity index (χ4v) is 1.21. The quantitative estimate of drug-likeness (QED) is 0.592. The third kappa shape index (κ3) is 3.42. The smallest absolute Gasteiger partial charge is 0.0233 e. The first-order chi connectivity index (χ1) is 3.18. The van der Waals surface area contributed by atoms with Crippen LogP contribution in [0.3, 0.4) is 0 Å². The van der Waals surface area contributed by atoms with Crippen molar-refractivity contribution in [1.29, 1.82) is 0 Å². The summed E-state index contributed by atoms with van der Waals surface area (Å²) in [5, 5.41) is 0.736. The second-order valence-electron chi connectivity index (χ2n) is 1.62. The molecule has 2 atom stereocenters. The van der Waals surface area contributed by atoms with Gasteiger partial charge in [-0.1, -0.05) is 29.8 Å². The van der Waals surface area contributed by atoms with Crippen molar-refractivity contribution in [2.45, 2.75) is 23.9 Å². The van der Waals surface area contributed by atoms with Crippen molar-refractivity contribution in [2.75, 3.05) is 6.26 Å². The van der Waals surface area contributed by atoms with Crippen molar-refractivity contribution < 1.29 is 0 Å². The Bertz CT molecular complexity index is 45.3. The molecule has 0 amide bonds. The Morgan fingerprint density at radius 3 is 1.86 bits per heavy atom. The molecule has 0 bridgehead atoms. The van der Waals surface area contributed by atoms with Gasteiger partial charge in [0.2, 0.25) is 0 Å². The normalized spacial score (nSPS) is 18.9. The van der Waals surface area contributed by atoms with Crippen LogP contribution in [0.2, 0.25) is 0 Å². The molecule has 0 aromatic heterocycles. The molecule has 0 radical (unpaired) electrons. The summed E-state index contributed by atoms with van der Waals surface area (Å²) in [6.07, 6.45) is 2.13. The highest BCUT2D eigenvalue weighted by atomic mass is 79.9. The Morgan fingerprint density at radius 1 is 1.43 bits per heavy atom. The van der Waals surface area contributed by atoms with Crippen LogP contribution >= 0.6 is 27.7 Å². The van der Waals surface area contributed by atoms with Gasteiger partial charge in [0.05, 0.1) is 0 Å². The fourth-order valence-electron chi connectivity index (χ4n) is 0.188. The third-order valence-corrected chi connectivity index (χ3v) is 3.31. The van der Waals surface area contributed by atoms with Crippen molar-refractivity contribution in [3.05, 3.63) is 0 Å². The molecule has 0 rings (SSSR count). The van der Waals surface area contributed by atoms with Crippen LogP contribution in [0.1, 0.15) is 13.8 Å². The van der Waals surface area contributed by atoms with Gasteiger partial charge < -0.3 is 0 Å². The predicted octanol–water partition coefficient (Wildman–Crippen LogP) is 2.52.